The standard InChI is InChI=1S/C9H10ClFO/c1-6-8(10)4-7(2-3-12)5-9(6)11/h4-5,12H,2-3H2,1H3. The maximum absolute atomic E-state index is 13.0. The van der Waals surface area contributed by atoms with Gasteiger partial charge in [-0.3, -0.25) is 0 Å². The molecule has 0 saturated carbocycles. The molecule has 0 aliphatic heterocycles. The Hall–Kier alpha value is -0.600. The Morgan fingerprint density at radius 3 is 2.67 bits per heavy atom. The van der Waals surface area contributed by atoms with Crippen molar-refractivity contribution in [1.29, 1.82) is 0 Å². The lowest BCUT2D eigenvalue weighted by Crippen LogP contribution is -1.93. The van der Waals surface area contributed by atoms with Gasteiger partial charge in [0, 0.05) is 17.2 Å². The van der Waals surface area contributed by atoms with Crippen LogP contribution < -0.4 is 0 Å². The summed E-state index contributed by atoms with van der Waals surface area (Å²) in [5.74, 6) is -0.314. The van der Waals surface area contributed by atoms with Gasteiger partial charge in [-0.05, 0) is 31.0 Å². The van der Waals surface area contributed by atoms with Crippen LogP contribution in [0.4, 0.5) is 4.39 Å². The Kier molecular flexibility index (Phi) is 3.06. The molecule has 1 aromatic carbocycles. The van der Waals surface area contributed by atoms with E-state index >= 15 is 0 Å². The van der Waals surface area contributed by atoms with Crippen LogP contribution in [0.2, 0.25) is 5.02 Å². The van der Waals surface area contributed by atoms with E-state index in [2.05, 4.69) is 0 Å². The second-order valence-electron chi connectivity index (χ2n) is 2.66. The molecule has 0 heterocycles. The Balaban J connectivity index is 3.04. The quantitative estimate of drug-likeness (QED) is 0.755. The molecule has 0 aliphatic rings. The minimum atomic E-state index is -0.314. The molecule has 66 valence electrons. The maximum atomic E-state index is 13.0. The fraction of sp³-hybridized carbons (Fsp3) is 0.333. The van der Waals surface area contributed by atoms with Crippen molar-refractivity contribution in [1.82, 2.24) is 0 Å². The normalized spacial score (nSPS) is 10.3. The second-order valence-corrected chi connectivity index (χ2v) is 3.07. The van der Waals surface area contributed by atoms with Gasteiger partial charge in [0.05, 0.1) is 0 Å². The Labute approximate surface area is 75.8 Å². The summed E-state index contributed by atoms with van der Waals surface area (Å²) < 4.78 is 13.0. The van der Waals surface area contributed by atoms with Gasteiger partial charge in [0.2, 0.25) is 0 Å². The van der Waals surface area contributed by atoms with E-state index in [9.17, 15) is 4.39 Å². The van der Waals surface area contributed by atoms with Crippen molar-refractivity contribution < 1.29 is 9.50 Å². The van der Waals surface area contributed by atoms with E-state index in [1.807, 2.05) is 0 Å². The van der Waals surface area contributed by atoms with E-state index in [1.54, 1.807) is 13.0 Å². The summed E-state index contributed by atoms with van der Waals surface area (Å²) in [5.41, 5.74) is 1.18. The molecule has 0 aromatic heterocycles. The van der Waals surface area contributed by atoms with Crippen molar-refractivity contribution in [3.63, 3.8) is 0 Å². The van der Waals surface area contributed by atoms with Crippen LogP contribution in [0.15, 0.2) is 12.1 Å². The van der Waals surface area contributed by atoms with Gasteiger partial charge in [-0.15, -0.1) is 0 Å². The summed E-state index contributed by atoms with van der Waals surface area (Å²) in [7, 11) is 0. The summed E-state index contributed by atoms with van der Waals surface area (Å²) in [6.45, 7) is 1.64. The summed E-state index contributed by atoms with van der Waals surface area (Å²) in [6, 6.07) is 3.08. The van der Waals surface area contributed by atoms with Gasteiger partial charge in [0.1, 0.15) is 5.82 Å². The molecule has 0 bridgehead atoms. The van der Waals surface area contributed by atoms with Crippen LogP contribution >= 0.6 is 11.6 Å². The van der Waals surface area contributed by atoms with Crippen LogP contribution in [0.3, 0.4) is 0 Å². The van der Waals surface area contributed by atoms with E-state index in [-0.39, 0.29) is 12.4 Å². The average molecular weight is 189 g/mol. The molecular formula is C9H10ClFO. The first-order valence-corrected chi connectivity index (χ1v) is 4.08. The highest BCUT2D eigenvalue weighted by atomic mass is 35.5. The van der Waals surface area contributed by atoms with Crippen LogP contribution in [-0.4, -0.2) is 11.7 Å². The van der Waals surface area contributed by atoms with E-state index in [1.165, 1.54) is 6.07 Å². The Bertz CT molecular complexity index is 263. The van der Waals surface area contributed by atoms with Gasteiger partial charge >= 0.3 is 0 Å². The molecule has 0 amide bonds. The molecule has 1 N–H and O–H groups in total. The first-order valence-electron chi connectivity index (χ1n) is 3.70. The number of hydrogen-bond donors (Lipinski definition) is 1. The molecule has 0 spiro atoms. The van der Waals surface area contributed by atoms with Crippen LogP contribution in [0, 0.1) is 12.7 Å². The van der Waals surface area contributed by atoms with E-state index in [0.29, 0.717) is 17.0 Å². The first-order chi connectivity index (χ1) is 5.65. The molecule has 0 unspecified atom stereocenters. The van der Waals surface area contributed by atoms with Crippen LogP contribution in [0.5, 0.6) is 0 Å². The molecule has 0 atom stereocenters. The summed E-state index contributed by atoms with van der Waals surface area (Å²) in [4.78, 5) is 0. The summed E-state index contributed by atoms with van der Waals surface area (Å²) in [6.07, 6.45) is 0.441. The molecule has 1 rings (SSSR count). The second kappa shape index (κ2) is 3.87. The largest absolute Gasteiger partial charge is 0.396 e. The van der Waals surface area contributed by atoms with E-state index in [4.69, 9.17) is 16.7 Å². The maximum Gasteiger partial charge on any atom is 0.127 e. The van der Waals surface area contributed by atoms with Gasteiger partial charge in [0.25, 0.3) is 0 Å². The third kappa shape index (κ3) is 1.96. The Morgan fingerprint density at radius 1 is 1.50 bits per heavy atom. The lowest BCUT2D eigenvalue weighted by Gasteiger charge is -2.03. The van der Waals surface area contributed by atoms with Crippen molar-refractivity contribution in [2.45, 2.75) is 13.3 Å². The molecule has 0 aliphatic carbocycles. The highest BCUT2D eigenvalue weighted by molar-refractivity contribution is 6.31. The summed E-state index contributed by atoms with van der Waals surface area (Å²) in [5, 5.41) is 9.02. The van der Waals surface area contributed by atoms with Crippen molar-refractivity contribution >= 4 is 11.6 Å². The Morgan fingerprint density at radius 2 is 2.17 bits per heavy atom. The number of hydrogen-bond acceptors (Lipinski definition) is 1. The predicted molar refractivity (Wildman–Crippen MR) is 46.9 cm³/mol. The monoisotopic (exact) mass is 188 g/mol. The summed E-state index contributed by atoms with van der Waals surface area (Å²) >= 11 is 5.73. The van der Waals surface area contributed by atoms with Gasteiger partial charge in [0.15, 0.2) is 0 Å². The van der Waals surface area contributed by atoms with Crippen molar-refractivity contribution in [3.05, 3.63) is 34.1 Å². The minimum absolute atomic E-state index is 0.0127. The minimum Gasteiger partial charge on any atom is -0.396 e. The predicted octanol–water partition coefficient (Wildman–Crippen LogP) is 2.32. The zero-order valence-corrected chi connectivity index (χ0v) is 7.53. The van der Waals surface area contributed by atoms with Crippen molar-refractivity contribution in [2.75, 3.05) is 6.61 Å². The molecular weight excluding hydrogens is 179 g/mol. The van der Waals surface area contributed by atoms with Crippen molar-refractivity contribution in [3.8, 4) is 0 Å². The fourth-order valence-electron chi connectivity index (χ4n) is 0.971. The molecule has 1 aromatic rings. The number of benzene rings is 1. The smallest absolute Gasteiger partial charge is 0.127 e. The third-order valence-corrected chi connectivity index (χ3v) is 2.13. The van der Waals surface area contributed by atoms with E-state index in [0.717, 1.165) is 5.56 Å². The number of aliphatic hydroxyl groups is 1. The van der Waals surface area contributed by atoms with Crippen LogP contribution in [0.25, 0.3) is 0 Å². The number of halogens is 2. The number of aliphatic hydroxyl groups excluding tert-OH is 1. The topological polar surface area (TPSA) is 20.2 Å². The molecule has 0 saturated heterocycles. The zero-order valence-electron chi connectivity index (χ0n) is 6.77. The zero-order chi connectivity index (χ0) is 9.14. The molecule has 12 heavy (non-hydrogen) atoms. The van der Waals surface area contributed by atoms with Gasteiger partial charge < -0.3 is 5.11 Å². The van der Waals surface area contributed by atoms with Crippen molar-refractivity contribution in [2.24, 2.45) is 0 Å². The highest BCUT2D eigenvalue weighted by Gasteiger charge is 2.04. The highest BCUT2D eigenvalue weighted by Crippen LogP contribution is 2.20. The van der Waals surface area contributed by atoms with Gasteiger partial charge in [-0.1, -0.05) is 11.6 Å². The molecule has 0 radical (unpaired) electrons. The van der Waals surface area contributed by atoms with Crippen LogP contribution in [-0.2, 0) is 6.42 Å². The third-order valence-electron chi connectivity index (χ3n) is 1.74. The number of rotatable bonds is 2. The average Bonchev–Trinajstić information content (AvgIpc) is 2.01. The first kappa shape index (κ1) is 9.49. The van der Waals surface area contributed by atoms with Gasteiger partial charge in [-0.25, -0.2) is 4.39 Å². The molecule has 0 fully saturated rings. The lowest BCUT2D eigenvalue weighted by molar-refractivity contribution is 0.299. The molecule has 3 heteroatoms. The molecule has 1 nitrogen and oxygen atoms in total. The van der Waals surface area contributed by atoms with Gasteiger partial charge in [-0.2, -0.15) is 0 Å². The SMILES string of the molecule is Cc1c(F)cc(CCO)cc1Cl. The lowest BCUT2D eigenvalue weighted by atomic mass is 10.1. The van der Waals surface area contributed by atoms with Crippen LogP contribution in [0.1, 0.15) is 11.1 Å². The fourth-order valence-corrected chi connectivity index (χ4v) is 1.20. The van der Waals surface area contributed by atoms with E-state index < -0.39 is 0 Å².